The molecule has 1 aromatic carbocycles. The lowest BCUT2D eigenvalue weighted by Gasteiger charge is -2.32. The van der Waals surface area contributed by atoms with E-state index in [2.05, 4.69) is 4.98 Å². The smallest absolute Gasteiger partial charge is 0.265 e. The molecule has 0 saturated heterocycles. The first-order chi connectivity index (χ1) is 9.80. The molecule has 0 radical (unpaired) electrons. The molecule has 0 saturated carbocycles. The SMILES string of the molecule is N#Cc1ccc(C2n3cncc3C(O)(O)C2(O)O)c(F)c1. The van der Waals surface area contributed by atoms with Crippen molar-refractivity contribution in [1.29, 1.82) is 5.26 Å². The first kappa shape index (κ1) is 13.7. The van der Waals surface area contributed by atoms with E-state index < -0.39 is 23.4 Å². The number of nitriles is 1. The van der Waals surface area contributed by atoms with Crippen molar-refractivity contribution >= 4 is 0 Å². The fourth-order valence-electron chi connectivity index (χ4n) is 2.54. The van der Waals surface area contributed by atoms with Crippen molar-refractivity contribution in [1.82, 2.24) is 9.55 Å². The molecule has 0 spiro atoms. The first-order valence-corrected chi connectivity index (χ1v) is 5.92. The molecule has 1 atom stereocenters. The van der Waals surface area contributed by atoms with Crippen LogP contribution in [0.1, 0.15) is 22.9 Å². The monoisotopic (exact) mass is 291 g/mol. The third-order valence-corrected chi connectivity index (χ3v) is 3.62. The molecule has 3 rings (SSSR count). The van der Waals surface area contributed by atoms with E-state index in [1.54, 1.807) is 6.07 Å². The van der Waals surface area contributed by atoms with Crippen molar-refractivity contribution in [2.75, 3.05) is 0 Å². The highest BCUT2D eigenvalue weighted by atomic mass is 19.1. The van der Waals surface area contributed by atoms with Crippen molar-refractivity contribution in [2.45, 2.75) is 17.6 Å². The van der Waals surface area contributed by atoms with E-state index >= 15 is 0 Å². The standard InChI is InChI=1S/C13H10FN3O4/c14-9-3-7(4-15)1-2-8(9)11-13(20,21)12(18,19)10-5-16-6-17(10)11/h1-3,5-6,11,18-21H. The van der Waals surface area contributed by atoms with Crippen molar-refractivity contribution in [3.63, 3.8) is 0 Å². The maximum absolute atomic E-state index is 14.1. The molecule has 0 bridgehead atoms. The van der Waals surface area contributed by atoms with Gasteiger partial charge < -0.3 is 25.0 Å². The number of fused-ring (bicyclic) bond motifs is 1. The molecule has 2 aromatic rings. The Morgan fingerprint density at radius 2 is 2.00 bits per heavy atom. The van der Waals surface area contributed by atoms with E-state index in [1.165, 1.54) is 12.1 Å². The van der Waals surface area contributed by atoms with Gasteiger partial charge in [0.1, 0.15) is 17.6 Å². The fourth-order valence-corrected chi connectivity index (χ4v) is 2.54. The molecule has 4 N–H and O–H groups in total. The Morgan fingerprint density at radius 1 is 1.29 bits per heavy atom. The zero-order chi connectivity index (χ0) is 15.4. The van der Waals surface area contributed by atoms with Gasteiger partial charge in [0.2, 0.25) is 0 Å². The zero-order valence-electron chi connectivity index (χ0n) is 10.5. The molecule has 1 aliphatic rings. The molecule has 7 nitrogen and oxygen atoms in total. The predicted molar refractivity (Wildman–Crippen MR) is 64.8 cm³/mol. The molecule has 1 aliphatic heterocycles. The molecule has 0 fully saturated rings. The third-order valence-electron chi connectivity index (χ3n) is 3.62. The Labute approximate surface area is 117 Å². The van der Waals surface area contributed by atoms with E-state index in [4.69, 9.17) is 5.26 Å². The number of halogens is 1. The predicted octanol–water partition coefficient (Wildman–Crippen LogP) is -0.685. The molecule has 0 aliphatic carbocycles. The second-order valence-corrected chi connectivity index (χ2v) is 4.84. The quantitative estimate of drug-likeness (QED) is 0.516. The average molecular weight is 291 g/mol. The Morgan fingerprint density at radius 3 is 2.62 bits per heavy atom. The number of aromatic nitrogens is 2. The van der Waals surface area contributed by atoms with E-state index in [9.17, 15) is 24.8 Å². The highest BCUT2D eigenvalue weighted by Gasteiger charge is 2.63. The van der Waals surface area contributed by atoms with Crippen molar-refractivity contribution in [3.8, 4) is 6.07 Å². The van der Waals surface area contributed by atoms with Gasteiger partial charge in [-0.2, -0.15) is 5.26 Å². The summed E-state index contributed by atoms with van der Waals surface area (Å²) in [5.74, 6) is -6.93. The van der Waals surface area contributed by atoms with Gasteiger partial charge in [0.25, 0.3) is 11.6 Å². The lowest BCUT2D eigenvalue weighted by Crippen LogP contribution is -2.51. The van der Waals surface area contributed by atoms with Gasteiger partial charge >= 0.3 is 0 Å². The maximum Gasteiger partial charge on any atom is 0.265 e. The summed E-state index contributed by atoms with van der Waals surface area (Å²) in [5, 5.41) is 48.7. The Bertz CT molecular complexity index is 763. The minimum Gasteiger partial charge on any atom is -0.359 e. The largest absolute Gasteiger partial charge is 0.359 e. The Hall–Kier alpha value is -2.31. The fraction of sp³-hybridized carbons (Fsp3) is 0.231. The summed E-state index contributed by atoms with van der Waals surface area (Å²) in [7, 11) is 0. The summed E-state index contributed by atoms with van der Waals surface area (Å²) in [6.07, 6.45) is 2.18. The van der Waals surface area contributed by atoms with Crippen molar-refractivity contribution in [2.24, 2.45) is 0 Å². The summed E-state index contributed by atoms with van der Waals surface area (Å²) in [6.45, 7) is 0. The van der Waals surface area contributed by atoms with Crippen LogP contribution >= 0.6 is 0 Å². The van der Waals surface area contributed by atoms with Gasteiger partial charge in [-0.1, -0.05) is 6.07 Å². The molecule has 0 amide bonds. The van der Waals surface area contributed by atoms with Crippen LogP contribution in [-0.4, -0.2) is 35.8 Å². The van der Waals surface area contributed by atoms with Gasteiger partial charge in [0, 0.05) is 5.56 Å². The number of benzene rings is 1. The molecule has 1 aromatic heterocycles. The summed E-state index contributed by atoms with van der Waals surface area (Å²) < 4.78 is 15.2. The first-order valence-electron chi connectivity index (χ1n) is 5.92. The van der Waals surface area contributed by atoms with Crippen LogP contribution in [-0.2, 0) is 5.79 Å². The average Bonchev–Trinajstić information content (AvgIpc) is 2.94. The van der Waals surface area contributed by atoms with Gasteiger partial charge in [0.15, 0.2) is 0 Å². The normalized spacial score (nSPS) is 21.8. The lowest BCUT2D eigenvalue weighted by atomic mass is 9.94. The van der Waals surface area contributed by atoms with Gasteiger partial charge in [-0.25, -0.2) is 9.37 Å². The maximum atomic E-state index is 14.1. The Kier molecular flexibility index (Phi) is 2.66. The minimum absolute atomic E-state index is 0.0563. The number of aliphatic hydroxyl groups is 4. The van der Waals surface area contributed by atoms with Gasteiger partial charge in [-0.15, -0.1) is 0 Å². The van der Waals surface area contributed by atoms with Crippen molar-refractivity contribution in [3.05, 3.63) is 53.4 Å². The van der Waals surface area contributed by atoms with E-state index in [-0.39, 0.29) is 16.8 Å². The van der Waals surface area contributed by atoms with Crippen LogP contribution in [0, 0.1) is 17.1 Å². The van der Waals surface area contributed by atoms with Crippen LogP contribution < -0.4 is 0 Å². The summed E-state index contributed by atoms with van der Waals surface area (Å²) in [4.78, 5) is 3.69. The molecular weight excluding hydrogens is 281 g/mol. The van der Waals surface area contributed by atoms with Crippen LogP contribution in [0.25, 0.3) is 0 Å². The van der Waals surface area contributed by atoms with Crippen molar-refractivity contribution < 1.29 is 24.8 Å². The number of hydrogen-bond acceptors (Lipinski definition) is 6. The van der Waals surface area contributed by atoms with Crippen LogP contribution in [0.3, 0.4) is 0 Å². The van der Waals surface area contributed by atoms with E-state index in [0.717, 1.165) is 23.2 Å². The van der Waals surface area contributed by atoms with Gasteiger partial charge in [-0.3, -0.25) is 0 Å². The highest BCUT2D eigenvalue weighted by Crippen LogP contribution is 2.47. The van der Waals surface area contributed by atoms with E-state index in [0.29, 0.717) is 0 Å². The molecular formula is C13H10FN3O4. The minimum atomic E-state index is -3.06. The summed E-state index contributed by atoms with van der Waals surface area (Å²) in [6, 6.07) is 3.64. The summed E-state index contributed by atoms with van der Waals surface area (Å²) in [5.41, 5.74) is -0.426. The molecule has 108 valence electrons. The molecule has 21 heavy (non-hydrogen) atoms. The van der Waals surface area contributed by atoms with E-state index in [1.807, 2.05) is 0 Å². The second-order valence-electron chi connectivity index (χ2n) is 4.84. The van der Waals surface area contributed by atoms with Crippen LogP contribution in [0.15, 0.2) is 30.7 Å². The van der Waals surface area contributed by atoms with Crippen LogP contribution in [0.5, 0.6) is 0 Å². The molecule has 2 heterocycles. The molecule has 8 heteroatoms. The lowest BCUT2D eigenvalue weighted by molar-refractivity contribution is -0.362. The molecule has 1 unspecified atom stereocenters. The van der Waals surface area contributed by atoms with Crippen LogP contribution in [0.2, 0.25) is 0 Å². The van der Waals surface area contributed by atoms with Gasteiger partial charge in [0.05, 0.1) is 24.2 Å². The number of rotatable bonds is 1. The number of imidazole rings is 1. The number of nitrogens with zero attached hydrogens (tertiary/aromatic N) is 3. The summed E-state index contributed by atoms with van der Waals surface area (Å²) >= 11 is 0. The highest BCUT2D eigenvalue weighted by molar-refractivity contribution is 5.38. The number of hydrogen-bond donors (Lipinski definition) is 4. The van der Waals surface area contributed by atoms with Crippen LogP contribution in [0.4, 0.5) is 4.39 Å². The topological polar surface area (TPSA) is 123 Å². The third kappa shape index (κ3) is 1.63. The zero-order valence-corrected chi connectivity index (χ0v) is 10.5. The van der Waals surface area contributed by atoms with Gasteiger partial charge in [-0.05, 0) is 12.1 Å². The second kappa shape index (κ2) is 4.09. The Balaban J connectivity index is 2.22.